The largest absolute Gasteiger partial charge is 0.375 e. The maximum absolute atomic E-state index is 2.68. The summed E-state index contributed by atoms with van der Waals surface area (Å²) in [5.41, 5.74) is 16.3. The molecule has 9 rings (SSSR count). The van der Waals surface area contributed by atoms with Crippen molar-refractivity contribution >= 4 is 56.6 Å². The minimum atomic E-state index is 0.0643. The summed E-state index contributed by atoms with van der Waals surface area (Å²) < 4.78 is 2.68. The number of anilines is 3. The summed E-state index contributed by atoms with van der Waals surface area (Å²) in [4.78, 5) is 2.48. The van der Waals surface area contributed by atoms with Crippen molar-refractivity contribution in [1.82, 2.24) is 4.48 Å². The predicted molar refractivity (Wildman–Crippen MR) is 158 cm³/mol. The Hall–Kier alpha value is -4.24. The highest BCUT2D eigenvalue weighted by molar-refractivity contribution is 6.91. The molecule has 6 aromatic rings. The highest BCUT2D eigenvalue weighted by atomic mass is 15.2. The molecule has 0 aliphatic carbocycles. The van der Waals surface area contributed by atoms with Crippen LogP contribution >= 0.6 is 0 Å². The van der Waals surface area contributed by atoms with Gasteiger partial charge in [-0.3, -0.25) is 0 Å². The van der Waals surface area contributed by atoms with Gasteiger partial charge in [-0.05, 0) is 69.4 Å². The number of rotatable bonds is 1. The quantitative estimate of drug-likeness (QED) is 0.225. The van der Waals surface area contributed by atoms with E-state index >= 15 is 0 Å². The fourth-order valence-corrected chi connectivity index (χ4v) is 7.27. The Kier molecular flexibility index (Phi) is 3.42. The van der Waals surface area contributed by atoms with Gasteiger partial charge in [-0.2, -0.15) is 0 Å². The normalized spacial score (nSPS) is 14.2. The van der Waals surface area contributed by atoms with Crippen LogP contribution in [0.3, 0.4) is 0 Å². The number of para-hydroxylation sites is 2. The summed E-state index contributed by atoms with van der Waals surface area (Å²) in [5.74, 6) is 0. The number of aromatic nitrogens is 1. The molecule has 3 heteroatoms. The van der Waals surface area contributed by atoms with Crippen LogP contribution in [0.1, 0.15) is 26.3 Å². The van der Waals surface area contributed by atoms with Crippen LogP contribution in [0.2, 0.25) is 0 Å². The fraction of sp³-hybridized carbons (Fsp3) is 0.118. The number of nitrogens with zero attached hydrogens (tertiary/aromatic N) is 2. The first-order chi connectivity index (χ1) is 18.0. The molecule has 0 saturated heterocycles. The number of hydrogen-bond acceptors (Lipinski definition) is 1. The van der Waals surface area contributed by atoms with Crippen LogP contribution in [0.5, 0.6) is 0 Å². The SMILES string of the molecule is CC(C)(C)c1cc2c3c(c1)c1cccc4c1n3B1c3c-4cccc3N(c3ccccc3)c3cccc-2c31. The molecule has 0 radical (unpaired) electrons. The maximum Gasteiger partial charge on any atom is 0.333 e. The van der Waals surface area contributed by atoms with Gasteiger partial charge in [-0.25, -0.2) is 0 Å². The van der Waals surface area contributed by atoms with E-state index < -0.39 is 0 Å². The zero-order valence-electron chi connectivity index (χ0n) is 21.2. The van der Waals surface area contributed by atoms with Gasteiger partial charge < -0.3 is 9.38 Å². The van der Waals surface area contributed by atoms with Crippen LogP contribution in [0, 0.1) is 0 Å². The monoisotopic (exact) mass is 472 g/mol. The van der Waals surface area contributed by atoms with Gasteiger partial charge in [0, 0.05) is 50.0 Å². The molecule has 4 heterocycles. The molecule has 0 fully saturated rings. The van der Waals surface area contributed by atoms with E-state index in [1.54, 1.807) is 0 Å². The summed E-state index contributed by atoms with van der Waals surface area (Å²) in [5, 5.41) is 2.76. The summed E-state index contributed by atoms with van der Waals surface area (Å²) in [6, 6.07) is 36.5. The summed E-state index contributed by atoms with van der Waals surface area (Å²) in [6.07, 6.45) is 0. The van der Waals surface area contributed by atoms with Crippen LogP contribution in [0.25, 0.3) is 44.1 Å². The van der Waals surface area contributed by atoms with Gasteiger partial charge in [-0.1, -0.05) is 81.4 Å². The fourth-order valence-electron chi connectivity index (χ4n) is 7.27. The highest BCUT2D eigenvalue weighted by Crippen LogP contribution is 2.50. The van der Waals surface area contributed by atoms with Crippen LogP contribution < -0.4 is 15.8 Å². The van der Waals surface area contributed by atoms with Crippen molar-refractivity contribution in [1.29, 1.82) is 0 Å². The predicted octanol–water partition coefficient (Wildman–Crippen LogP) is 7.49. The van der Waals surface area contributed by atoms with Gasteiger partial charge in [-0.15, -0.1) is 0 Å². The van der Waals surface area contributed by atoms with Crippen molar-refractivity contribution in [3.63, 3.8) is 0 Å². The zero-order chi connectivity index (χ0) is 24.6. The van der Waals surface area contributed by atoms with Gasteiger partial charge in [0.2, 0.25) is 0 Å². The van der Waals surface area contributed by atoms with Crippen LogP contribution in [-0.2, 0) is 5.41 Å². The van der Waals surface area contributed by atoms with Gasteiger partial charge in [0.05, 0.1) is 0 Å². The van der Waals surface area contributed by atoms with E-state index in [4.69, 9.17) is 0 Å². The average Bonchev–Trinajstić information content (AvgIpc) is 3.25. The van der Waals surface area contributed by atoms with E-state index in [0.29, 0.717) is 0 Å². The molecular formula is C34H25BN2. The van der Waals surface area contributed by atoms with E-state index in [0.717, 1.165) is 0 Å². The van der Waals surface area contributed by atoms with E-state index in [-0.39, 0.29) is 12.3 Å². The second kappa shape index (κ2) is 6.36. The van der Waals surface area contributed by atoms with E-state index in [1.165, 1.54) is 77.6 Å². The molecule has 0 saturated carbocycles. The number of fused-ring (bicyclic) bond motifs is 3. The molecule has 37 heavy (non-hydrogen) atoms. The van der Waals surface area contributed by atoms with Crippen molar-refractivity contribution < 1.29 is 0 Å². The lowest BCUT2D eigenvalue weighted by molar-refractivity contribution is 0.591. The summed E-state index contributed by atoms with van der Waals surface area (Å²) >= 11 is 0. The lowest BCUT2D eigenvalue weighted by atomic mass is 9.43. The number of hydrogen-bond donors (Lipinski definition) is 0. The first-order valence-corrected chi connectivity index (χ1v) is 13.3. The Balaban J connectivity index is 1.55. The van der Waals surface area contributed by atoms with Crippen molar-refractivity contribution in [2.45, 2.75) is 26.2 Å². The second-order valence-electron chi connectivity index (χ2n) is 11.8. The molecule has 0 amide bonds. The lowest BCUT2D eigenvalue weighted by Gasteiger charge is -2.43. The molecule has 0 bridgehead atoms. The highest BCUT2D eigenvalue weighted by Gasteiger charge is 2.46. The smallest absolute Gasteiger partial charge is 0.333 e. The average molecular weight is 472 g/mol. The third-order valence-electron chi connectivity index (χ3n) is 8.83. The molecule has 0 atom stereocenters. The van der Waals surface area contributed by atoms with Crippen molar-refractivity contribution in [3.05, 3.63) is 103 Å². The Bertz CT molecular complexity index is 1970. The molecule has 0 unspecified atom stereocenters. The van der Waals surface area contributed by atoms with Gasteiger partial charge in [0.1, 0.15) is 0 Å². The molecule has 0 N–H and O–H groups in total. The van der Waals surface area contributed by atoms with Crippen molar-refractivity contribution in [2.24, 2.45) is 0 Å². The molecule has 2 nitrogen and oxygen atoms in total. The van der Waals surface area contributed by atoms with Crippen LogP contribution in [0.4, 0.5) is 17.1 Å². The molecule has 1 aromatic heterocycles. The second-order valence-corrected chi connectivity index (χ2v) is 11.8. The molecule has 5 aromatic carbocycles. The van der Waals surface area contributed by atoms with Crippen molar-refractivity contribution in [2.75, 3.05) is 4.90 Å². The Labute approximate surface area is 216 Å². The zero-order valence-corrected chi connectivity index (χ0v) is 21.2. The van der Waals surface area contributed by atoms with Crippen molar-refractivity contribution in [3.8, 4) is 22.3 Å². The lowest BCUT2D eigenvalue weighted by Crippen LogP contribution is -2.58. The molecule has 3 aliphatic heterocycles. The number of benzene rings is 5. The van der Waals surface area contributed by atoms with Gasteiger partial charge >= 0.3 is 6.85 Å². The Morgan fingerprint density at radius 1 is 0.568 bits per heavy atom. The standard InChI is InChI=1S/C34H25BN2/c1-34(2,3)20-18-26-23-13-9-17-29-31(23)35-30-22(12-8-16-28(30)36(29)21-10-5-4-6-11-21)24-14-7-15-25-27(19-20)33(26)37(35)32(24)25/h4-19H,1-3H3. The third kappa shape index (κ3) is 2.25. The third-order valence-corrected chi connectivity index (χ3v) is 8.83. The molecular weight excluding hydrogens is 447 g/mol. The van der Waals surface area contributed by atoms with E-state index in [9.17, 15) is 0 Å². The first-order valence-electron chi connectivity index (χ1n) is 13.3. The molecule has 174 valence electrons. The summed E-state index contributed by atoms with van der Waals surface area (Å²) in [7, 11) is 0. The van der Waals surface area contributed by atoms with E-state index in [1.807, 2.05) is 0 Å². The van der Waals surface area contributed by atoms with Crippen LogP contribution in [0.15, 0.2) is 97.1 Å². The van der Waals surface area contributed by atoms with Crippen LogP contribution in [-0.4, -0.2) is 11.3 Å². The minimum absolute atomic E-state index is 0.0643. The topological polar surface area (TPSA) is 8.17 Å². The minimum Gasteiger partial charge on any atom is -0.375 e. The molecule has 0 spiro atoms. The maximum atomic E-state index is 2.68. The van der Waals surface area contributed by atoms with E-state index in [2.05, 4.69) is 127 Å². The first kappa shape index (κ1) is 19.9. The summed E-state index contributed by atoms with van der Waals surface area (Å²) in [6.45, 7) is 7.17. The Morgan fingerprint density at radius 2 is 1.19 bits per heavy atom. The molecule has 3 aliphatic rings. The van der Waals surface area contributed by atoms with Gasteiger partial charge in [0.25, 0.3) is 0 Å². The Morgan fingerprint density at radius 3 is 1.89 bits per heavy atom. The van der Waals surface area contributed by atoms with Gasteiger partial charge in [0.15, 0.2) is 0 Å².